The van der Waals surface area contributed by atoms with Crippen molar-refractivity contribution in [2.75, 3.05) is 7.11 Å². The highest BCUT2D eigenvalue weighted by molar-refractivity contribution is 5.70. The van der Waals surface area contributed by atoms with Crippen LogP contribution in [0.25, 0.3) is 12.2 Å². The normalized spacial score (nSPS) is 11.1. The molecule has 112 valence electrons. The third kappa shape index (κ3) is 5.12. The van der Waals surface area contributed by atoms with Crippen LogP contribution in [0, 0.1) is 11.8 Å². The topological polar surface area (TPSA) is 29.5 Å². The van der Waals surface area contributed by atoms with Crippen LogP contribution < -0.4 is 4.74 Å². The Bertz CT molecular complexity index is 691. The first-order valence-electron chi connectivity index (χ1n) is 7.14. The highest BCUT2D eigenvalue weighted by Crippen LogP contribution is 2.14. The Labute approximate surface area is 132 Å². The summed E-state index contributed by atoms with van der Waals surface area (Å²) in [5, 5.41) is 9.59. The minimum absolute atomic E-state index is 0.854. The quantitative estimate of drug-likeness (QED) is 0.684. The molecule has 0 saturated heterocycles. The molecule has 0 radical (unpaired) electrons. The van der Waals surface area contributed by atoms with Gasteiger partial charge in [-0.3, -0.25) is 0 Å². The second-order valence-corrected chi connectivity index (χ2v) is 5.54. The Morgan fingerprint density at radius 1 is 0.909 bits per heavy atom. The van der Waals surface area contributed by atoms with Crippen molar-refractivity contribution in [3.8, 4) is 17.6 Å². The van der Waals surface area contributed by atoms with Crippen molar-refractivity contribution in [1.29, 1.82) is 0 Å². The van der Waals surface area contributed by atoms with E-state index < -0.39 is 5.60 Å². The van der Waals surface area contributed by atoms with E-state index in [9.17, 15) is 5.11 Å². The molecule has 0 bridgehead atoms. The Morgan fingerprint density at radius 3 is 1.86 bits per heavy atom. The largest absolute Gasteiger partial charge is 0.497 e. The Hall–Kier alpha value is -2.50. The molecule has 0 amide bonds. The zero-order valence-corrected chi connectivity index (χ0v) is 13.1. The number of hydrogen-bond donors (Lipinski definition) is 1. The fraction of sp³-hybridized carbons (Fsp3) is 0.200. The third-order valence-electron chi connectivity index (χ3n) is 3.01. The van der Waals surface area contributed by atoms with Crippen LogP contribution in [0.3, 0.4) is 0 Å². The van der Waals surface area contributed by atoms with E-state index in [1.807, 2.05) is 48.5 Å². The lowest BCUT2D eigenvalue weighted by molar-refractivity contribution is 0.143. The molecule has 0 aromatic heterocycles. The molecule has 2 aromatic carbocycles. The summed E-state index contributed by atoms with van der Waals surface area (Å²) in [5.74, 6) is 6.62. The molecular weight excluding hydrogens is 272 g/mol. The van der Waals surface area contributed by atoms with Crippen LogP contribution in [-0.2, 0) is 0 Å². The lowest BCUT2D eigenvalue weighted by Gasteiger charge is -2.05. The maximum absolute atomic E-state index is 9.59. The first kappa shape index (κ1) is 15.9. The van der Waals surface area contributed by atoms with Gasteiger partial charge in [0, 0.05) is 5.56 Å². The van der Waals surface area contributed by atoms with Gasteiger partial charge >= 0.3 is 0 Å². The van der Waals surface area contributed by atoms with Crippen molar-refractivity contribution >= 4 is 12.2 Å². The average Bonchev–Trinajstić information content (AvgIpc) is 2.52. The summed E-state index contributed by atoms with van der Waals surface area (Å²) in [6.45, 7) is 3.35. The number of methoxy groups -OCH3 is 1. The van der Waals surface area contributed by atoms with E-state index in [-0.39, 0.29) is 0 Å². The first-order valence-corrected chi connectivity index (χ1v) is 7.14. The molecule has 0 heterocycles. The van der Waals surface area contributed by atoms with Gasteiger partial charge < -0.3 is 9.84 Å². The van der Waals surface area contributed by atoms with Crippen LogP contribution in [0.2, 0.25) is 0 Å². The fourth-order valence-corrected chi connectivity index (χ4v) is 1.81. The monoisotopic (exact) mass is 292 g/mol. The fourth-order valence-electron chi connectivity index (χ4n) is 1.81. The molecule has 0 aliphatic heterocycles. The van der Waals surface area contributed by atoms with E-state index >= 15 is 0 Å². The van der Waals surface area contributed by atoms with Gasteiger partial charge in [-0.05, 0) is 49.2 Å². The second kappa shape index (κ2) is 6.98. The predicted molar refractivity (Wildman–Crippen MR) is 91.5 cm³/mol. The van der Waals surface area contributed by atoms with Gasteiger partial charge in [-0.1, -0.05) is 48.3 Å². The van der Waals surface area contributed by atoms with Crippen LogP contribution in [0.4, 0.5) is 0 Å². The van der Waals surface area contributed by atoms with Crippen molar-refractivity contribution in [3.05, 3.63) is 65.2 Å². The van der Waals surface area contributed by atoms with Crippen LogP contribution in [0.1, 0.15) is 30.5 Å². The van der Waals surface area contributed by atoms with E-state index in [1.54, 1.807) is 21.0 Å². The summed E-state index contributed by atoms with van der Waals surface area (Å²) in [6.07, 6.45) is 4.10. The first-order chi connectivity index (χ1) is 10.5. The summed E-state index contributed by atoms with van der Waals surface area (Å²) in [4.78, 5) is 0. The van der Waals surface area contributed by atoms with Crippen molar-refractivity contribution in [1.82, 2.24) is 0 Å². The smallest absolute Gasteiger partial charge is 0.120 e. The van der Waals surface area contributed by atoms with E-state index in [2.05, 4.69) is 24.0 Å². The van der Waals surface area contributed by atoms with Gasteiger partial charge in [-0.15, -0.1) is 0 Å². The van der Waals surface area contributed by atoms with Gasteiger partial charge in [0.05, 0.1) is 7.11 Å². The number of benzene rings is 2. The molecule has 22 heavy (non-hydrogen) atoms. The maximum atomic E-state index is 9.59. The summed E-state index contributed by atoms with van der Waals surface area (Å²) in [7, 11) is 1.66. The maximum Gasteiger partial charge on any atom is 0.120 e. The number of hydrogen-bond acceptors (Lipinski definition) is 2. The standard InChI is InChI=1S/C20H20O2/c1-20(2,21)15-14-18-8-6-16(7-9-18)4-5-17-10-12-19(22-3)13-11-17/h4-13,21H,1-3H3. The van der Waals surface area contributed by atoms with Gasteiger partial charge in [0.2, 0.25) is 0 Å². The van der Waals surface area contributed by atoms with Crippen molar-refractivity contribution in [3.63, 3.8) is 0 Å². The minimum Gasteiger partial charge on any atom is -0.497 e. The molecule has 0 aliphatic carbocycles. The third-order valence-corrected chi connectivity index (χ3v) is 3.01. The highest BCUT2D eigenvalue weighted by Gasteiger charge is 2.05. The summed E-state index contributed by atoms with van der Waals surface area (Å²) < 4.78 is 5.14. The molecule has 2 aromatic rings. The summed E-state index contributed by atoms with van der Waals surface area (Å²) in [5.41, 5.74) is 2.15. The molecular formula is C20H20O2. The summed E-state index contributed by atoms with van der Waals surface area (Å²) >= 11 is 0. The average molecular weight is 292 g/mol. The lowest BCUT2D eigenvalue weighted by atomic mass is 10.1. The number of aliphatic hydroxyl groups is 1. The molecule has 2 nitrogen and oxygen atoms in total. The number of rotatable bonds is 3. The van der Waals surface area contributed by atoms with Gasteiger partial charge in [-0.25, -0.2) is 0 Å². The molecule has 0 unspecified atom stereocenters. The minimum atomic E-state index is -0.965. The lowest BCUT2D eigenvalue weighted by Crippen LogP contribution is -2.14. The molecule has 0 spiro atoms. The molecule has 0 saturated carbocycles. The second-order valence-electron chi connectivity index (χ2n) is 5.54. The zero-order chi connectivity index (χ0) is 16.0. The predicted octanol–water partition coefficient (Wildman–Crippen LogP) is 3.99. The molecule has 2 rings (SSSR count). The van der Waals surface area contributed by atoms with E-state index in [4.69, 9.17) is 4.74 Å². The van der Waals surface area contributed by atoms with Crippen LogP contribution >= 0.6 is 0 Å². The SMILES string of the molecule is COc1ccc(C=Cc2ccc(C#CC(C)(C)O)cc2)cc1. The Balaban J connectivity index is 2.06. The molecule has 1 N–H and O–H groups in total. The van der Waals surface area contributed by atoms with Crippen LogP contribution in [0.5, 0.6) is 5.75 Å². The van der Waals surface area contributed by atoms with E-state index in [0.717, 1.165) is 22.4 Å². The molecule has 2 heteroatoms. The number of ether oxygens (including phenoxy) is 1. The van der Waals surface area contributed by atoms with Gasteiger partial charge in [0.1, 0.15) is 11.4 Å². The molecule has 0 atom stereocenters. The van der Waals surface area contributed by atoms with E-state index in [1.165, 1.54) is 0 Å². The van der Waals surface area contributed by atoms with Gasteiger partial charge in [0.25, 0.3) is 0 Å². The Kier molecular flexibility index (Phi) is 5.04. The Morgan fingerprint density at radius 2 is 1.41 bits per heavy atom. The molecule has 0 fully saturated rings. The summed E-state index contributed by atoms with van der Waals surface area (Å²) in [6, 6.07) is 15.8. The van der Waals surface area contributed by atoms with Gasteiger partial charge in [-0.2, -0.15) is 0 Å². The van der Waals surface area contributed by atoms with E-state index in [0.29, 0.717) is 0 Å². The molecule has 0 aliphatic rings. The van der Waals surface area contributed by atoms with Crippen molar-refractivity contribution < 1.29 is 9.84 Å². The zero-order valence-electron chi connectivity index (χ0n) is 13.1. The van der Waals surface area contributed by atoms with Crippen molar-refractivity contribution in [2.24, 2.45) is 0 Å². The van der Waals surface area contributed by atoms with Crippen LogP contribution in [-0.4, -0.2) is 17.8 Å². The van der Waals surface area contributed by atoms with Gasteiger partial charge in [0.15, 0.2) is 0 Å². The van der Waals surface area contributed by atoms with Crippen LogP contribution in [0.15, 0.2) is 48.5 Å². The van der Waals surface area contributed by atoms with Crippen molar-refractivity contribution in [2.45, 2.75) is 19.4 Å². The highest BCUT2D eigenvalue weighted by atomic mass is 16.5.